The molecule has 3 heteroatoms. The van der Waals surface area contributed by atoms with Crippen LogP contribution in [0.25, 0.3) is 0 Å². The number of hydrogen-bond donors (Lipinski definition) is 1. The van der Waals surface area contributed by atoms with Gasteiger partial charge in [0.1, 0.15) is 6.67 Å². The molecule has 0 aromatic carbocycles. The normalized spacial score (nSPS) is 8.71. The Bertz CT molecular complexity index is 47.0. The number of hydrogen-bond acceptors (Lipinski definition) is 3. The third-order valence-corrected chi connectivity index (χ3v) is 0.423. The quantitative estimate of drug-likeness (QED) is 0.312. The standard InChI is InChI=1S/C4H10N2O/c1-3-7-6-4-5-2/h6H,2-4H2,1H3. The van der Waals surface area contributed by atoms with Gasteiger partial charge in [-0.1, -0.05) is 0 Å². The summed E-state index contributed by atoms with van der Waals surface area (Å²) in [6.07, 6.45) is 0. The molecule has 0 spiro atoms. The summed E-state index contributed by atoms with van der Waals surface area (Å²) in [6, 6.07) is 0. The average Bonchev–Trinajstić information content (AvgIpc) is 1.69. The summed E-state index contributed by atoms with van der Waals surface area (Å²) in [5, 5.41) is 0. The van der Waals surface area contributed by atoms with Crippen molar-refractivity contribution in [1.82, 2.24) is 5.48 Å². The van der Waals surface area contributed by atoms with Crippen LogP contribution in [0.5, 0.6) is 0 Å². The van der Waals surface area contributed by atoms with E-state index >= 15 is 0 Å². The molecular weight excluding hydrogens is 92.1 g/mol. The fraction of sp³-hybridized carbons (Fsp3) is 0.750. The summed E-state index contributed by atoms with van der Waals surface area (Å²) in [7, 11) is 0. The van der Waals surface area contributed by atoms with E-state index in [1.165, 1.54) is 0 Å². The molecule has 0 heterocycles. The van der Waals surface area contributed by atoms with Crippen LogP contribution in [0.3, 0.4) is 0 Å². The van der Waals surface area contributed by atoms with Gasteiger partial charge in [0, 0.05) is 0 Å². The van der Waals surface area contributed by atoms with Gasteiger partial charge in [0.05, 0.1) is 6.61 Å². The zero-order valence-electron chi connectivity index (χ0n) is 4.48. The van der Waals surface area contributed by atoms with E-state index in [1.54, 1.807) is 0 Å². The second-order valence-electron chi connectivity index (χ2n) is 0.959. The molecule has 0 aliphatic heterocycles. The van der Waals surface area contributed by atoms with Gasteiger partial charge in [-0.3, -0.25) is 4.99 Å². The molecule has 0 aliphatic rings. The predicted octanol–water partition coefficient (Wildman–Crippen LogP) is 0.186. The summed E-state index contributed by atoms with van der Waals surface area (Å²) in [4.78, 5) is 8.18. The highest BCUT2D eigenvalue weighted by Crippen LogP contribution is 1.61. The van der Waals surface area contributed by atoms with Gasteiger partial charge in [-0.25, -0.2) is 0 Å². The van der Waals surface area contributed by atoms with Crippen molar-refractivity contribution in [2.45, 2.75) is 6.92 Å². The maximum absolute atomic E-state index is 4.69. The Hall–Kier alpha value is -0.410. The molecule has 0 amide bonds. The van der Waals surface area contributed by atoms with Crippen molar-refractivity contribution >= 4 is 6.72 Å². The maximum atomic E-state index is 4.69. The van der Waals surface area contributed by atoms with Crippen LogP contribution in [0.2, 0.25) is 0 Å². The van der Waals surface area contributed by atoms with Crippen molar-refractivity contribution in [1.29, 1.82) is 0 Å². The zero-order valence-corrected chi connectivity index (χ0v) is 4.48. The van der Waals surface area contributed by atoms with Crippen molar-refractivity contribution in [2.75, 3.05) is 13.3 Å². The minimum Gasteiger partial charge on any atom is -0.300 e. The van der Waals surface area contributed by atoms with Gasteiger partial charge in [-0.2, -0.15) is 5.48 Å². The number of nitrogens with zero attached hydrogens (tertiary/aromatic N) is 1. The van der Waals surface area contributed by atoms with E-state index in [9.17, 15) is 0 Å². The van der Waals surface area contributed by atoms with Gasteiger partial charge in [0.15, 0.2) is 0 Å². The fourth-order valence-corrected chi connectivity index (χ4v) is 0.193. The largest absolute Gasteiger partial charge is 0.300 e. The molecule has 0 aromatic rings. The van der Waals surface area contributed by atoms with Gasteiger partial charge in [-0.15, -0.1) is 0 Å². The lowest BCUT2D eigenvalue weighted by molar-refractivity contribution is 0.0534. The minimum atomic E-state index is 0.466. The molecule has 0 aromatic heterocycles. The first-order valence-corrected chi connectivity index (χ1v) is 2.19. The molecule has 3 nitrogen and oxygen atoms in total. The first-order valence-electron chi connectivity index (χ1n) is 2.19. The first-order chi connectivity index (χ1) is 3.41. The topological polar surface area (TPSA) is 33.6 Å². The summed E-state index contributed by atoms with van der Waals surface area (Å²) in [5.41, 5.74) is 2.56. The Labute approximate surface area is 43.3 Å². The second-order valence-corrected chi connectivity index (χ2v) is 0.959. The van der Waals surface area contributed by atoms with E-state index in [1.807, 2.05) is 6.92 Å². The first kappa shape index (κ1) is 6.59. The van der Waals surface area contributed by atoms with Crippen molar-refractivity contribution in [3.8, 4) is 0 Å². The van der Waals surface area contributed by atoms with Crippen LogP contribution < -0.4 is 5.48 Å². The molecule has 42 valence electrons. The average molecular weight is 102 g/mol. The lowest BCUT2D eigenvalue weighted by atomic mass is 10.9. The number of rotatable bonds is 4. The SMILES string of the molecule is C=NCNOCC. The van der Waals surface area contributed by atoms with Crippen molar-refractivity contribution in [3.05, 3.63) is 0 Å². The molecule has 0 bridgehead atoms. The lowest BCUT2D eigenvalue weighted by Gasteiger charge is -1.95. The fourth-order valence-electron chi connectivity index (χ4n) is 0.193. The van der Waals surface area contributed by atoms with Gasteiger partial charge in [0.2, 0.25) is 0 Å². The molecule has 0 unspecified atom stereocenters. The third-order valence-electron chi connectivity index (χ3n) is 0.423. The molecule has 0 aliphatic carbocycles. The Morgan fingerprint density at radius 3 is 3.00 bits per heavy atom. The van der Waals surface area contributed by atoms with Crippen LogP contribution in [-0.2, 0) is 4.84 Å². The Morgan fingerprint density at radius 2 is 2.57 bits per heavy atom. The molecule has 0 saturated heterocycles. The van der Waals surface area contributed by atoms with Gasteiger partial charge >= 0.3 is 0 Å². The molecule has 0 fully saturated rings. The van der Waals surface area contributed by atoms with E-state index in [0.717, 1.165) is 0 Å². The molecule has 0 saturated carbocycles. The van der Waals surface area contributed by atoms with Crippen LogP contribution in [-0.4, -0.2) is 20.0 Å². The number of aliphatic imine (C=N–C) groups is 1. The minimum absolute atomic E-state index is 0.466. The molecule has 0 atom stereocenters. The summed E-state index contributed by atoms with van der Waals surface area (Å²) in [6.45, 7) is 6.27. The van der Waals surface area contributed by atoms with Crippen LogP contribution in [0.1, 0.15) is 6.92 Å². The van der Waals surface area contributed by atoms with E-state index in [0.29, 0.717) is 13.3 Å². The van der Waals surface area contributed by atoms with Crippen molar-refractivity contribution < 1.29 is 4.84 Å². The lowest BCUT2D eigenvalue weighted by Crippen LogP contribution is -2.13. The summed E-state index contributed by atoms with van der Waals surface area (Å²) >= 11 is 0. The maximum Gasteiger partial charge on any atom is 0.111 e. The molecule has 7 heavy (non-hydrogen) atoms. The van der Waals surface area contributed by atoms with E-state index in [4.69, 9.17) is 4.84 Å². The summed E-state index contributed by atoms with van der Waals surface area (Å²) in [5.74, 6) is 0. The Balaban J connectivity index is 2.56. The number of nitrogens with one attached hydrogen (secondary N) is 1. The zero-order chi connectivity index (χ0) is 5.54. The van der Waals surface area contributed by atoms with Gasteiger partial charge in [0.25, 0.3) is 0 Å². The Morgan fingerprint density at radius 1 is 1.86 bits per heavy atom. The predicted molar refractivity (Wildman–Crippen MR) is 29.2 cm³/mol. The summed E-state index contributed by atoms with van der Waals surface area (Å²) < 4.78 is 0. The molecular formula is C4H10N2O. The number of hydroxylamine groups is 1. The van der Waals surface area contributed by atoms with Crippen molar-refractivity contribution in [2.24, 2.45) is 4.99 Å². The van der Waals surface area contributed by atoms with Crippen LogP contribution in [0.4, 0.5) is 0 Å². The third kappa shape index (κ3) is 5.59. The molecule has 0 radical (unpaired) electrons. The van der Waals surface area contributed by atoms with E-state index in [-0.39, 0.29) is 0 Å². The highest BCUT2D eigenvalue weighted by Gasteiger charge is 1.72. The highest BCUT2D eigenvalue weighted by molar-refractivity contribution is 5.22. The van der Waals surface area contributed by atoms with Crippen LogP contribution in [0, 0.1) is 0 Å². The van der Waals surface area contributed by atoms with Crippen LogP contribution >= 0.6 is 0 Å². The molecule has 1 N–H and O–H groups in total. The highest BCUT2D eigenvalue weighted by atomic mass is 16.6. The monoisotopic (exact) mass is 102 g/mol. The van der Waals surface area contributed by atoms with E-state index < -0.39 is 0 Å². The Kier molecular flexibility index (Phi) is 5.26. The van der Waals surface area contributed by atoms with E-state index in [2.05, 4.69) is 17.2 Å². The van der Waals surface area contributed by atoms with Gasteiger partial charge in [-0.05, 0) is 13.6 Å². The molecule has 0 rings (SSSR count). The van der Waals surface area contributed by atoms with Crippen molar-refractivity contribution in [3.63, 3.8) is 0 Å². The smallest absolute Gasteiger partial charge is 0.111 e. The van der Waals surface area contributed by atoms with Gasteiger partial charge < -0.3 is 4.84 Å². The van der Waals surface area contributed by atoms with Crippen LogP contribution in [0.15, 0.2) is 4.99 Å². The second kappa shape index (κ2) is 5.59.